The van der Waals surface area contributed by atoms with Crippen molar-refractivity contribution in [1.82, 2.24) is 0 Å². The summed E-state index contributed by atoms with van der Waals surface area (Å²) in [5, 5.41) is 0. The molecule has 0 fully saturated rings. The fourth-order valence-corrected chi connectivity index (χ4v) is 2.09. The molecule has 0 radical (unpaired) electrons. The van der Waals surface area contributed by atoms with Crippen LogP contribution >= 0.6 is 7.60 Å². The molecule has 0 aromatic heterocycles. The molecular weight excluding hydrogens is 215 g/mol. The molecule has 84 valence electrons. The van der Waals surface area contributed by atoms with Crippen LogP contribution in [0.15, 0.2) is 30.3 Å². The largest absolute Gasteiger partial charge is 0.327 e. The summed E-state index contributed by atoms with van der Waals surface area (Å²) >= 11 is 0. The zero-order valence-electron chi connectivity index (χ0n) is 8.15. The maximum Gasteiger partial charge on any atom is 0.327 e. The summed E-state index contributed by atoms with van der Waals surface area (Å²) in [7, 11) is -4.10. The van der Waals surface area contributed by atoms with E-state index >= 15 is 0 Å². The third kappa shape index (κ3) is 4.11. The SMILES string of the molecule is NC(CP(=O)(O)O)C(N)c1ccccc1. The molecule has 0 aliphatic carbocycles. The summed E-state index contributed by atoms with van der Waals surface area (Å²) in [5.41, 5.74) is 12.2. The molecule has 6 heteroatoms. The van der Waals surface area contributed by atoms with Crippen LogP contribution < -0.4 is 11.5 Å². The van der Waals surface area contributed by atoms with Gasteiger partial charge in [-0.15, -0.1) is 0 Å². The van der Waals surface area contributed by atoms with Crippen molar-refractivity contribution in [1.29, 1.82) is 0 Å². The molecule has 0 saturated heterocycles. The third-order valence-electron chi connectivity index (χ3n) is 2.09. The first-order chi connectivity index (χ1) is 6.90. The van der Waals surface area contributed by atoms with Crippen molar-refractivity contribution in [3.63, 3.8) is 0 Å². The standard InChI is InChI=1S/C9H15N2O3P/c10-8(6-15(12,13)14)9(11)7-4-2-1-3-5-7/h1-5,8-9H,6,10-11H2,(H2,12,13,14). The van der Waals surface area contributed by atoms with Gasteiger partial charge in [0.1, 0.15) is 0 Å². The average molecular weight is 230 g/mol. The number of rotatable bonds is 4. The lowest BCUT2D eigenvalue weighted by Crippen LogP contribution is -2.37. The van der Waals surface area contributed by atoms with E-state index in [2.05, 4.69) is 0 Å². The Hall–Kier alpha value is -0.710. The van der Waals surface area contributed by atoms with Crippen LogP contribution in [0.3, 0.4) is 0 Å². The lowest BCUT2D eigenvalue weighted by molar-refractivity contribution is 0.365. The number of benzene rings is 1. The van der Waals surface area contributed by atoms with Gasteiger partial charge in [-0.2, -0.15) is 0 Å². The van der Waals surface area contributed by atoms with E-state index in [1.54, 1.807) is 24.3 Å². The summed E-state index contributed by atoms with van der Waals surface area (Å²) in [4.78, 5) is 17.5. The molecule has 1 aromatic rings. The second-order valence-electron chi connectivity index (χ2n) is 3.45. The van der Waals surface area contributed by atoms with Crippen molar-refractivity contribution >= 4 is 7.60 Å². The Morgan fingerprint density at radius 3 is 2.20 bits per heavy atom. The molecule has 0 heterocycles. The normalized spacial score (nSPS) is 16.0. The highest BCUT2D eigenvalue weighted by atomic mass is 31.2. The van der Waals surface area contributed by atoms with E-state index in [4.69, 9.17) is 21.3 Å². The van der Waals surface area contributed by atoms with Crippen LogP contribution in [-0.4, -0.2) is 22.0 Å². The monoisotopic (exact) mass is 230 g/mol. The Labute approximate surface area is 88.3 Å². The van der Waals surface area contributed by atoms with Gasteiger partial charge in [0.15, 0.2) is 0 Å². The molecule has 6 N–H and O–H groups in total. The first-order valence-electron chi connectivity index (χ1n) is 4.51. The van der Waals surface area contributed by atoms with Crippen molar-refractivity contribution in [2.45, 2.75) is 12.1 Å². The van der Waals surface area contributed by atoms with Crippen LogP contribution in [0, 0.1) is 0 Å². The van der Waals surface area contributed by atoms with Gasteiger partial charge in [-0.3, -0.25) is 4.57 Å². The van der Waals surface area contributed by atoms with E-state index in [0.717, 1.165) is 5.56 Å². The van der Waals surface area contributed by atoms with Gasteiger partial charge in [-0.1, -0.05) is 30.3 Å². The summed E-state index contributed by atoms with van der Waals surface area (Å²) in [6.07, 6.45) is -0.400. The van der Waals surface area contributed by atoms with E-state index in [1.165, 1.54) is 0 Å². The number of nitrogens with two attached hydrogens (primary N) is 2. The molecule has 2 atom stereocenters. The second-order valence-corrected chi connectivity index (χ2v) is 5.14. The summed E-state index contributed by atoms with van der Waals surface area (Å²) < 4.78 is 10.7. The lowest BCUT2D eigenvalue weighted by atomic mass is 10.0. The Kier molecular flexibility index (Phi) is 4.02. The van der Waals surface area contributed by atoms with E-state index in [-0.39, 0.29) is 0 Å². The smallest absolute Gasteiger partial charge is 0.326 e. The van der Waals surface area contributed by atoms with E-state index in [0.29, 0.717) is 0 Å². The first-order valence-corrected chi connectivity index (χ1v) is 6.30. The van der Waals surface area contributed by atoms with Crippen LogP contribution in [0.25, 0.3) is 0 Å². The van der Waals surface area contributed by atoms with Crippen LogP contribution in [0.1, 0.15) is 11.6 Å². The van der Waals surface area contributed by atoms with E-state index in [1.807, 2.05) is 6.07 Å². The van der Waals surface area contributed by atoms with Crippen molar-refractivity contribution < 1.29 is 14.4 Å². The molecule has 1 rings (SSSR count). The highest BCUT2D eigenvalue weighted by Crippen LogP contribution is 2.36. The molecule has 1 aromatic carbocycles. The van der Waals surface area contributed by atoms with Crippen molar-refractivity contribution in [3.05, 3.63) is 35.9 Å². The van der Waals surface area contributed by atoms with Gasteiger partial charge in [0, 0.05) is 12.1 Å². The highest BCUT2D eigenvalue weighted by molar-refractivity contribution is 7.51. The molecule has 0 bridgehead atoms. The summed E-state index contributed by atoms with van der Waals surface area (Å²) in [6, 6.07) is 7.71. The van der Waals surface area contributed by atoms with E-state index < -0.39 is 25.8 Å². The molecule has 5 nitrogen and oxygen atoms in total. The van der Waals surface area contributed by atoms with Gasteiger partial charge in [-0.05, 0) is 5.56 Å². The van der Waals surface area contributed by atoms with E-state index in [9.17, 15) is 4.57 Å². The summed E-state index contributed by atoms with van der Waals surface area (Å²) in [5.74, 6) is 0. The topological polar surface area (TPSA) is 110 Å². The van der Waals surface area contributed by atoms with Crippen molar-refractivity contribution in [2.24, 2.45) is 11.5 Å². The molecule has 2 unspecified atom stereocenters. The van der Waals surface area contributed by atoms with Gasteiger partial charge < -0.3 is 21.3 Å². The predicted octanol–water partition coefficient (Wildman–Crippen LogP) is 0.191. The van der Waals surface area contributed by atoms with Gasteiger partial charge in [0.2, 0.25) is 0 Å². The second kappa shape index (κ2) is 4.88. The van der Waals surface area contributed by atoms with Gasteiger partial charge in [0.25, 0.3) is 0 Å². The molecule has 0 spiro atoms. The number of hydrogen-bond donors (Lipinski definition) is 4. The van der Waals surface area contributed by atoms with Gasteiger partial charge in [-0.25, -0.2) is 0 Å². The Balaban J connectivity index is 2.69. The van der Waals surface area contributed by atoms with Gasteiger partial charge in [0.05, 0.1) is 6.16 Å². The molecule has 0 aliphatic heterocycles. The minimum Gasteiger partial charge on any atom is -0.326 e. The molecule has 0 amide bonds. The zero-order chi connectivity index (χ0) is 11.5. The Bertz CT molecular complexity index is 352. The van der Waals surface area contributed by atoms with Crippen LogP contribution in [-0.2, 0) is 4.57 Å². The van der Waals surface area contributed by atoms with Crippen molar-refractivity contribution in [2.75, 3.05) is 6.16 Å². The molecule has 0 aliphatic rings. The quantitative estimate of drug-likeness (QED) is 0.552. The fraction of sp³-hybridized carbons (Fsp3) is 0.333. The van der Waals surface area contributed by atoms with Crippen molar-refractivity contribution in [3.8, 4) is 0 Å². The Morgan fingerprint density at radius 1 is 1.20 bits per heavy atom. The molecule has 15 heavy (non-hydrogen) atoms. The predicted molar refractivity (Wildman–Crippen MR) is 58.3 cm³/mol. The van der Waals surface area contributed by atoms with Crippen LogP contribution in [0.5, 0.6) is 0 Å². The zero-order valence-corrected chi connectivity index (χ0v) is 9.05. The third-order valence-corrected chi connectivity index (χ3v) is 2.99. The average Bonchev–Trinajstić information content (AvgIpc) is 2.15. The minimum absolute atomic E-state index is 0.400. The first kappa shape index (κ1) is 12.4. The Morgan fingerprint density at radius 2 is 1.73 bits per heavy atom. The maximum absolute atomic E-state index is 10.7. The lowest BCUT2D eigenvalue weighted by Gasteiger charge is -2.20. The maximum atomic E-state index is 10.7. The fourth-order valence-electron chi connectivity index (χ4n) is 1.31. The minimum atomic E-state index is -4.10. The van der Waals surface area contributed by atoms with Gasteiger partial charge >= 0.3 is 7.60 Å². The van der Waals surface area contributed by atoms with Crippen LogP contribution in [0.2, 0.25) is 0 Å². The van der Waals surface area contributed by atoms with Crippen LogP contribution in [0.4, 0.5) is 0 Å². The molecule has 0 saturated carbocycles. The summed E-state index contributed by atoms with van der Waals surface area (Å²) in [6.45, 7) is 0. The highest BCUT2D eigenvalue weighted by Gasteiger charge is 2.24. The molecular formula is C9H15N2O3P. The number of hydrogen-bond acceptors (Lipinski definition) is 3.